The lowest BCUT2D eigenvalue weighted by atomic mass is 10.1. The molecule has 0 saturated carbocycles. The fourth-order valence-corrected chi connectivity index (χ4v) is 2.78. The van der Waals surface area contributed by atoms with Gasteiger partial charge in [-0.3, -0.25) is 0 Å². The number of benzene rings is 1. The Bertz CT molecular complexity index is 459. The van der Waals surface area contributed by atoms with Gasteiger partial charge in [-0.2, -0.15) is 0 Å². The van der Waals surface area contributed by atoms with Crippen molar-refractivity contribution in [1.29, 1.82) is 0 Å². The highest BCUT2D eigenvalue weighted by molar-refractivity contribution is 7.15. The summed E-state index contributed by atoms with van der Waals surface area (Å²) in [5.41, 5.74) is 2.70. The van der Waals surface area contributed by atoms with Crippen LogP contribution >= 0.6 is 11.3 Å². The number of rotatable bonds is 4. The zero-order valence-corrected chi connectivity index (χ0v) is 10.6. The first-order chi connectivity index (χ1) is 7.81. The number of nitrogens with one attached hydrogen (secondary N) is 1. The Balaban J connectivity index is 2.22. The fraction of sp³-hybridized carbons (Fsp3) is 0.286. The molecular weight excluding hydrogens is 214 g/mol. The van der Waals surface area contributed by atoms with Crippen molar-refractivity contribution in [1.82, 2.24) is 5.32 Å². The molecule has 1 aromatic carbocycles. The molecule has 2 rings (SSSR count). The summed E-state index contributed by atoms with van der Waals surface area (Å²) < 4.78 is 0. The molecule has 0 amide bonds. The van der Waals surface area contributed by atoms with E-state index >= 15 is 0 Å². The van der Waals surface area contributed by atoms with Gasteiger partial charge < -0.3 is 5.32 Å². The van der Waals surface area contributed by atoms with Crippen molar-refractivity contribution >= 4 is 11.3 Å². The van der Waals surface area contributed by atoms with Crippen LogP contribution in [0, 0.1) is 6.92 Å². The number of hydrogen-bond donors (Lipinski definition) is 1. The van der Waals surface area contributed by atoms with Gasteiger partial charge in [0.25, 0.3) is 0 Å². The van der Waals surface area contributed by atoms with Crippen molar-refractivity contribution in [2.45, 2.75) is 20.4 Å². The molecule has 16 heavy (non-hydrogen) atoms. The van der Waals surface area contributed by atoms with Crippen LogP contribution in [0.1, 0.15) is 17.4 Å². The quantitative estimate of drug-likeness (QED) is 0.843. The Morgan fingerprint density at radius 2 is 1.94 bits per heavy atom. The summed E-state index contributed by atoms with van der Waals surface area (Å²) in [6, 6.07) is 13.0. The lowest BCUT2D eigenvalue weighted by Crippen LogP contribution is -2.10. The smallest absolute Gasteiger partial charge is 0.0348 e. The van der Waals surface area contributed by atoms with E-state index in [1.165, 1.54) is 20.9 Å². The Kier molecular flexibility index (Phi) is 3.75. The summed E-state index contributed by atoms with van der Waals surface area (Å²) in [7, 11) is 0. The van der Waals surface area contributed by atoms with E-state index in [1.807, 2.05) is 11.3 Å². The van der Waals surface area contributed by atoms with Gasteiger partial charge in [0, 0.05) is 16.3 Å². The summed E-state index contributed by atoms with van der Waals surface area (Å²) in [4.78, 5) is 2.77. The molecule has 0 radical (unpaired) electrons. The Morgan fingerprint density at radius 1 is 1.12 bits per heavy atom. The number of hydrogen-bond acceptors (Lipinski definition) is 2. The highest BCUT2D eigenvalue weighted by Gasteiger charge is 2.04. The van der Waals surface area contributed by atoms with Gasteiger partial charge in [-0.1, -0.05) is 31.2 Å². The van der Waals surface area contributed by atoms with Gasteiger partial charge in [-0.05, 0) is 36.7 Å². The second kappa shape index (κ2) is 5.28. The lowest BCUT2D eigenvalue weighted by molar-refractivity contribution is 0.735. The topological polar surface area (TPSA) is 12.0 Å². The van der Waals surface area contributed by atoms with Crippen LogP contribution in [-0.2, 0) is 6.54 Å². The van der Waals surface area contributed by atoms with E-state index < -0.39 is 0 Å². The number of aryl methyl sites for hydroxylation is 1. The van der Waals surface area contributed by atoms with E-state index in [-0.39, 0.29) is 0 Å². The molecule has 2 aromatic rings. The maximum Gasteiger partial charge on any atom is 0.0348 e. The second-order valence-corrected chi connectivity index (χ2v) is 5.03. The predicted molar refractivity (Wildman–Crippen MR) is 71.9 cm³/mol. The van der Waals surface area contributed by atoms with Crippen LogP contribution in [-0.4, -0.2) is 6.54 Å². The Labute approximate surface area is 101 Å². The maximum absolute atomic E-state index is 3.35. The molecule has 0 bridgehead atoms. The zero-order valence-electron chi connectivity index (χ0n) is 9.79. The molecule has 0 aliphatic heterocycles. The zero-order chi connectivity index (χ0) is 11.4. The molecule has 1 heterocycles. The maximum atomic E-state index is 3.35. The summed E-state index contributed by atoms with van der Waals surface area (Å²) in [5, 5.41) is 3.35. The minimum Gasteiger partial charge on any atom is -0.312 e. The standard InChI is InChI=1S/C14H17NS/c1-3-15-10-12-8-9-14(16-12)13-7-5-4-6-11(13)2/h4-9,15H,3,10H2,1-2H3. The fourth-order valence-electron chi connectivity index (χ4n) is 1.72. The first kappa shape index (κ1) is 11.4. The van der Waals surface area contributed by atoms with Crippen molar-refractivity contribution in [3.05, 3.63) is 46.8 Å². The molecule has 84 valence electrons. The van der Waals surface area contributed by atoms with E-state index in [0.717, 1.165) is 13.1 Å². The molecule has 0 saturated heterocycles. The van der Waals surface area contributed by atoms with Gasteiger partial charge in [0.15, 0.2) is 0 Å². The van der Waals surface area contributed by atoms with Crippen molar-refractivity contribution in [3.63, 3.8) is 0 Å². The highest BCUT2D eigenvalue weighted by atomic mass is 32.1. The van der Waals surface area contributed by atoms with Crippen LogP contribution < -0.4 is 5.32 Å². The van der Waals surface area contributed by atoms with Crippen molar-refractivity contribution in [2.75, 3.05) is 6.54 Å². The van der Waals surface area contributed by atoms with Gasteiger partial charge in [-0.25, -0.2) is 0 Å². The molecule has 1 aromatic heterocycles. The van der Waals surface area contributed by atoms with E-state index in [1.54, 1.807) is 0 Å². The average Bonchev–Trinajstić information content (AvgIpc) is 2.75. The predicted octanol–water partition coefficient (Wildman–Crippen LogP) is 3.83. The largest absolute Gasteiger partial charge is 0.312 e. The van der Waals surface area contributed by atoms with Crippen LogP contribution in [0.25, 0.3) is 10.4 Å². The first-order valence-corrected chi connectivity index (χ1v) is 6.48. The van der Waals surface area contributed by atoms with Gasteiger partial charge in [0.1, 0.15) is 0 Å². The lowest BCUT2D eigenvalue weighted by Gasteiger charge is -2.01. The van der Waals surface area contributed by atoms with Gasteiger partial charge in [0.2, 0.25) is 0 Å². The summed E-state index contributed by atoms with van der Waals surface area (Å²) >= 11 is 1.88. The average molecular weight is 231 g/mol. The molecule has 0 fully saturated rings. The molecule has 0 aliphatic carbocycles. The van der Waals surface area contributed by atoms with Crippen LogP contribution in [0.2, 0.25) is 0 Å². The number of thiophene rings is 1. The van der Waals surface area contributed by atoms with E-state index in [2.05, 4.69) is 55.6 Å². The SMILES string of the molecule is CCNCc1ccc(-c2ccccc2C)s1. The molecule has 1 N–H and O–H groups in total. The molecule has 2 heteroatoms. The normalized spacial score (nSPS) is 10.6. The molecule has 1 nitrogen and oxygen atoms in total. The molecule has 0 atom stereocenters. The van der Waals surface area contributed by atoms with Crippen LogP contribution in [0.15, 0.2) is 36.4 Å². The third-order valence-corrected chi connectivity index (χ3v) is 3.74. The molecule has 0 unspecified atom stereocenters. The van der Waals surface area contributed by atoms with Crippen molar-refractivity contribution in [3.8, 4) is 10.4 Å². The minimum absolute atomic E-state index is 0.979. The van der Waals surface area contributed by atoms with Crippen LogP contribution in [0.3, 0.4) is 0 Å². The van der Waals surface area contributed by atoms with E-state index in [0.29, 0.717) is 0 Å². The second-order valence-electron chi connectivity index (χ2n) is 3.86. The van der Waals surface area contributed by atoms with Crippen molar-refractivity contribution in [2.24, 2.45) is 0 Å². The van der Waals surface area contributed by atoms with E-state index in [9.17, 15) is 0 Å². The van der Waals surface area contributed by atoms with Gasteiger partial charge in [0.05, 0.1) is 0 Å². The Morgan fingerprint density at radius 3 is 2.69 bits per heavy atom. The van der Waals surface area contributed by atoms with Crippen LogP contribution in [0.5, 0.6) is 0 Å². The van der Waals surface area contributed by atoms with E-state index in [4.69, 9.17) is 0 Å². The molecular formula is C14H17NS. The van der Waals surface area contributed by atoms with Gasteiger partial charge in [-0.15, -0.1) is 11.3 Å². The molecule has 0 aliphatic rings. The third kappa shape index (κ3) is 2.52. The summed E-state index contributed by atoms with van der Waals surface area (Å²) in [6.45, 7) is 6.31. The third-order valence-electron chi connectivity index (χ3n) is 2.62. The first-order valence-electron chi connectivity index (χ1n) is 5.66. The Hall–Kier alpha value is -1.12. The molecule has 0 spiro atoms. The van der Waals surface area contributed by atoms with Crippen LogP contribution in [0.4, 0.5) is 0 Å². The highest BCUT2D eigenvalue weighted by Crippen LogP contribution is 2.30. The van der Waals surface area contributed by atoms with Gasteiger partial charge >= 0.3 is 0 Å². The minimum atomic E-state index is 0.979. The monoisotopic (exact) mass is 231 g/mol. The summed E-state index contributed by atoms with van der Waals surface area (Å²) in [6.07, 6.45) is 0. The summed E-state index contributed by atoms with van der Waals surface area (Å²) in [5.74, 6) is 0. The van der Waals surface area contributed by atoms with Crippen molar-refractivity contribution < 1.29 is 0 Å².